The van der Waals surface area contributed by atoms with Crippen LogP contribution in [0.2, 0.25) is 0 Å². The van der Waals surface area contributed by atoms with E-state index >= 15 is 0 Å². The molecule has 3 nitrogen and oxygen atoms in total. The van der Waals surface area contributed by atoms with Crippen molar-refractivity contribution in [3.8, 4) is 0 Å². The smallest absolute Gasteiger partial charge is 0.243 e. The monoisotopic (exact) mass is 433 g/mol. The molecule has 0 radical (unpaired) electrons. The van der Waals surface area contributed by atoms with Crippen LogP contribution in [0.4, 0.5) is 22.0 Å². The molecule has 0 bridgehead atoms. The van der Waals surface area contributed by atoms with E-state index in [2.05, 4.69) is 5.32 Å². The van der Waals surface area contributed by atoms with E-state index < -0.39 is 41.3 Å². The maximum Gasteiger partial charge on any atom is 0.243 e. The predicted molar refractivity (Wildman–Crippen MR) is 105 cm³/mol. The molecule has 0 aliphatic carbocycles. The van der Waals surface area contributed by atoms with Crippen LogP contribution in [0.25, 0.3) is 0 Å². The number of nitrogens with one attached hydrogen (secondary N) is 1. The van der Waals surface area contributed by atoms with Crippen LogP contribution in [-0.4, -0.2) is 19.1 Å². The van der Waals surface area contributed by atoms with Gasteiger partial charge in [-0.1, -0.05) is 44.9 Å². The lowest BCUT2D eigenvalue weighted by atomic mass is 10.1. The van der Waals surface area contributed by atoms with Crippen molar-refractivity contribution >= 4 is 5.91 Å². The van der Waals surface area contributed by atoms with Gasteiger partial charge >= 0.3 is 0 Å². The van der Waals surface area contributed by atoms with Gasteiger partial charge in [-0.15, -0.1) is 0 Å². The molecule has 0 saturated heterocycles. The van der Waals surface area contributed by atoms with Crippen LogP contribution in [0, 0.1) is 35.0 Å². The fraction of sp³-hybridized carbons (Fsp3) is 0.500. The topological polar surface area (TPSA) is 38.3 Å². The zero-order valence-corrected chi connectivity index (χ0v) is 17.2. The lowest BCUT2D eigenvalue weighted by Crippen LogP contribution is -2.25. The number of halogens is 5. The molecule has 0 aliphatic heterocycles. The number of amides is 1. The van der Waals surface area contributed by atoms with Crippen molar-refractivity contribution in [3.05, 3.63) is 59.0 Å². The number of carbonyl (C=O) groups is 1. The Morgan fingerprint density at radius 3 is 2.13 bits per heavy atom. The number of carbonyl (C=O) groups excluding carboxylic acids is 1. The molecule has 1 N–H and O–H groups in total. The van der Waals surface area contributed by atoms with Crippen molar-refractivity contribution in [3.63, 3.8) is 0 Å². The Labute approximate surface area is 174 Å². The van der Waals surface area contributed by atoms with Crippen molar-refractivity contribution in [1.29, 1.82) is 0 Å². The van der Waals surface area contributed by atoms with Crippen molar-refractivity contribution in [2.45, 2.75) is 52.6 Å². The van der Waals surface area contributed by atoms with Crippen LogP contribution in [0.15, 0.2) is 24.3 Å². The van der Waals surface area contributed by atoms with E-state index in [9.17, 15) is 26.7 Å². The first kappa shape index (κ1) is 25.8. The van der Waals surface area contributed by atoms with Crippen LogP contribution in [0.3, 0.4) is 0 Å². The second-order valence-electron chi connectivity index (χ2n) is 7.23. The van der Waals surface area contributed by atoms with Gasteiger partial charge in [0.2, 0.25) is 11.7 Å². The third-order valence-electron chi connectivity index (χ3n) is 4.14. The van der Waals surface area contributed by atoms with E-state index in [-0.39, 0.29) is 12.5 Å². The van der Waals surface area contributed by atoms with Gasteiger partial charge in [0.25, 0.3) is 0 Å². The first-order valence-corrected chi connectivity index (χ1v) is 9.94. The van der Waals surface area contributed by atoms with Crippen molar-refractivity contribution in [1.82, 2.24) is 5.32 Å². The van der Waals surface area contributed by atoms with Gasteiger partial charge in [0.15, 0.2) is 23.3 Å². The van der Waals surface area contributed by atoms with E-state index in [1.54, 1.807) is 6.08 Å². The normalized spacial score (nSPS) is 11.9. The number of allylic oxidation sites excluding steroid dienone is 3. The average Bonchev–Trinajstić information content (AvgIpc) is 2.72. The van der Waals surface area contributed by atoms with Crippen molar-refractivity contribution < 1.29 is 31.5 Å². The molecule has 1 rings (SSSR count). The van der Waals surface area contributed by atoms with Crippen LogP contribution in [0.5, 0.6) is 0 Å². The Morgan fingerprint density at radius 1 is 0.900 bits per heavy atom. The third-order valence-corrected chi connectivity index (χ3v) is 4.14. The summed E-state index contributed by atoms with van der Waals surface area (Å²) in [5.41, 5.74) is -0.956. The van der Waals surface area contributed by atoms with E-state index in [1.165, 1.54) is 6.08 Å². The highest BCUT2D eigenvalue weighted by Crippen LogP contribution is 2.23. The summed E-state index contributed by atoms with van der Waals surface area (Å²) in [7, 11) is 0. The second-order valence-corrected chi connectivity index (χ2v) is 7.23. The van der Waals surface area contributed by atoms with Gasteiger partial charge in [0.1, 0.15) is 0 Å². The Hall–Kier alpha value is -2.22. The average molecular weight is 433 g/mol. The summed E-state index contributed by atoms with van der Waals surface area (Å²) >= 11 is 0. The molecule has 1 amide bonds. The first-order valence-electron chi connectivity index (χ1n) is 9.94. The lowest BCUT2D eigenvalue weighted by molar-refractivity contribution is -0.116. The number of benzene rings is 1. The van der Waals surface area contributed by atoms with Gasteiger partial charge in [-0.25, -0.2) is 22.0 Å². The summed E-state index contributed by atoms with van der Waals surface area (Å²) in [6.45, 7) is 4.15. The minimum atomic E-state index is -2.17. The predicted octanol–water partition coefficient (Wildman–Crippen LogP) is 5.73. The molecule has 30 heavy (non-hydrogen) atoms. The summed E-state index contributed by atoms with van der Waals surface area (Å²) in [6.07, 6.45) is 11.0. The molecule has 0 saturated carbocycles. The molecule has 0 aromatic heterocycles. The number of ether oxygens (including phenoxy) is 1. The number of rotatable bonds is 13. The van der Waals surface area contributed by atoms with Gasteiger partial charge < -0.3 is 10.1 Å². The Morgan fingerprint density at radius 2 is 1.50 bits per heavy atom. The molecule has 0 aliphatic rings. The van der Waals surface area contributed by atoms with Gasteiger partial charge in [0, 0.05) is 19.2 Å². The molecule has 168 valence electrons. The summed E-state index contributed by atoms with van der Waals surface area (Å²) in [5.74, 6) is -9.54. The molecule has 0 atom stereocenters. The molecular formula is C22H28F5NO2. The quantitative estimate of drug-likeness (QED) is 0.108. The maximum absolute atomic E-state index is 13.5. The third kappa shape index (κ3) is 9.07. The standard InChI is InChI=1S/C22H28F5NO2/c1-15(2)13-28-17(29)11-9-7-5-3-4-6-8-10-12-30-14-16-18(23)20(25)22(27)21(26)19(16)24/h5,7,9,11,15H,3-4,6,8,10,12-14H2,1-2H3,(H,28,29)/b7-5+,11-9+. The number of hydrogen-bond acceptors (Lipinski definition) is 2. The maximum atomic E-state index is 13.5. The van der Waals surface area contributed by atoms with Gasteiger partial charge in [-0.2, -0.15) is 0 Å². The zero-order valence-electron chi connectivity index (χ0n) is 17.2. The van der Waals surface area contributed by atoms with Crippen LogP contribution in [0.1, 0.15) is 51.5 Å². The molecule has 0 fully saturated rings. The first-order chi connectivity index (χ1) is 14.3. The molecule has 0 unspecified atom stereocenters. The van der Waals surface area contributed by atoms with E-state index in [0.29, 0.717) is 18.9 Å². The van der Waals surface area contributed by atoms with Crippen molar-refractivity contribution in [2.24, 2.45) is 5.92 Å². The minimum Gasteiger partial charge on any atom is -0.377 e. The number of hydrogen-bond donors (Lipinski definition) is 1. The van der Waals surface area contributed by atoms with E-state index in [1.807, 2.05) is 26.0 Å². The summed E-state index contributed by atoms with van der Waals surface area (Å²) in [5, 5.41) is 2.78. The van der Waals surface area contributed by atoms with Gasteiger partial charge in [-0.3, -0.25) is 4.79 Å². The van der Waals surface area contributed by atoms with Gasteiger partial charge in [0.05, 0.1) is 12.2 Å². The highest BCUT2D eigenvalue weighted by Gasteiger charge is 2.25. The van der Waals surface area contributed by atoms with Crippen LogP contribution < -0.4 is 5.32 Å². The number of unbranched alkanes of at least 4 members (excludes halogenated alkanes) is 4. The van der Waals surface area contributed by atoms with Gasteiger partial charge in [-0.05, 0) is 25.2 Å². The molecule has 0 spiro atoms. The van der Waals surface area contributed by atoms with Crippen LogP contribution >= 0.6 is 0 Å². The van der Waals surface area contributed by atoms with E-state index in [0.717, 1.165) is 25.7 Å². The Balaban J connectivity index is 2.14. The lowest BCUT2D eigenvalue weighted by Gasteiger charge is -2.09. The summed E-state index contributed by atoms with van der Waals surface area (Å²) < 4.78 is 71.1. The molecular weight excluding hydrogens is 405 g/mol. The van der Waals surface area contributed by atoms with E-state index in [4.69, 9.17) is 4.74 Å². The molecule has 1 aromatic rings. The minimum absolute atomic E-state index is 0.126. The Kier molecular flexibility index (Phi) is 12.0. The fourth-order valence-corrected chi connectivity index (χ4v) is 2.45. The summed E-state index contributed by atoms with van der Waals surface area (Å²) in [4.78, 5) is 11.4. The second kappa shape index (κ2) is 13.9. The highest BCUT2D eigenvalue weighted by molar-refractivity contribution is 5.87. The van der Waals surface area contributed by atoms with Crippen LogP contribution in [-0.2, 0) is 16.1 Å². The highest BCUT2D eigenvalue weighted by atomic mass is 19.2. The summed E-state index contributed by atoms with van der Waals surface area (Å²) in [6, 6.07) is 0. The molecule has 8 heteroatoms. The molecule has 0 heterocycles. The largest absolute Gasteiger partial charge is 0.377 e. The Bertz CT molecular complexity index is 719. The molecule has 1 aromatic carbocycles. The fourth-order valence-electron chi connectivity index (χ4n) is 2.45. The van der Waals surface area contributed by atoms with Crippen molar-refractivity contribution in [2.75, 3.05) is 13.2 Å². The zero-order chi connectivity index (χ0) is 22.5. The SMILES string of the molecule is CC(C)CNC(=O)/C=C/C=C/CCCCCCOCc1c(F)c(F)c(F)c(F)c1F.